The molecular weight excluding hydrogens is 154 g/mol. The summed E-state index contributed by atoms with van der Waals surface area (Å²) in [6, 6.07) is 0.791. The van der Waals surface area contributed by atoms with E-state index in [0.717, 1.165) is 6.04 Å². The molecule has 1 saturated carbocycles. The second kappa shape index (κ2) is 3.81. The van der Waals surface area contributed by atoms with Gasteiger partial charge in [-0.1, -0.05) is 24.8 Å². The highest BCUT2D eigenvalue weighted by Gasteiger charge is 2.18. The predicted molar refractivity (Wildman–Crippen MR) is 52.7 cm³/mol. The lowest BCUT2D eigenvalue weighted by Gasteiger charge is -2.20. The van der Waals surface area contributed by atoms with Crippen molar-refractivity contribution < 1.29 is 0 Å². The standard InChI is InChI=1S/C9H19NS/c1-9(2,3)11-10-8-6-4-5-7-8/h8,10H,4-7H2,1-3H3. The van der Waals surface area contributed by atoms with Crippen molar-refractivity contribution in [3.8, 4) is 0 Å². The largest absolute Gasteiger partial charge is 0.261 e. The maximum absolute atomic E-state index is 3.54. The molecule has 1 rings (SSSR count). The smallest absolute Gasteiger partial charge is 0.0220 e. The van der Waals surface area contributed by atoms with Crippen molar-refractivity contribution in [2.75, 3.05) is 0 Å². The van der Waals surface area contributed by atoms with Crippen LogP contribution in [0.4, 0.5) is 0 Å². The molecule has 0 amide bonds. The zero-order chi connectivity index (χ0) is 8.32. The first-order valence-corrected chi connectivity index (χ1v) is 5.33. The minimum Gasteiger partial charge on any atom is -0.261 e. The second-order valence-corrected chi connectivity index (χ2v) is 5.98. The van der Waals surface area contributed by atoms with Crippen LogP contribution in [0.3, 0.4) is 0 Å². The van der Waals surface area contributed by atoms with Gasteiger partial charge in [-0.3, -0.25) is 4.72 Å². The van der Waals surface area contributed by atoms with Gasteiger partial charge in [0.05, 0.1) is 0 Å². The SMILES string of the molecule is CC(C)(C)SNC1CCCC1. The highest BCUT2D eigenvalue weighted by Crippen LogP contribution is 2.25. The van der Waals surface area contributed by atoms with E-state index in [0.29, 0.717) is 4.75 Å². The molecular formula is C9H19NS. The Morgan fingerprint density at radius 2 is 1.73 bits per heavy atom. The lowest BCUT2D eigenvalue weighted by molar-refractivity contribution is 0.647. The number of rotatable bonds is 2. The third-order valence-corrected chi connectivity index (χ3v) is 2.95. The van der Waals surface area contributed by atoms with Gasteiger partial charge in [-0.25, -0.2) is 0 Å². The van der Waals surface area contributed by atoms with Gasteiger partial charge < -0.3 is 0 Å². The summed E-state index contributed by atoms with van der Waals surface area (Å²) >= 11 is 1.88. The van der Waals surface area contributed by atoms with Crippen molar-refractivity contribution in [2.24, 2.45) is 0 Å². The van der Waals surface area contributed by atoms with Crippen molar-refractivity contribution in [1.82, 2.24) is 4.72 Å². The van der Waals surface area contributed by atoms with Crippen LogP contribution in [-0.4, -0.2) is 10.8 Å². The lowest BCUT2D eigenvalue weighted by atomic mass is 10.3. The average molecular weight is 173 g/mol. The van der Waals surface area contributed by atoms with Gasteiger partial charge in [0.2, 0.25) is 0 Å². The van der Waals surface area contributed by atoms with Gasteiger partial charge in [0.1, 0.15) is 0 Å². The Balaban J connectivity index is 2.11. The molecule has 0 aromatic rings. The van der Waals surface area contributed by atoms with E-state index in [9.17, 15) is 0 Å². The van der Waals surface area contributed by atoms with E-state index in [1.165, 1.54) is 25.7 Å². The molecule has 66 valence electrons. The van der Waals surface area contributed by atoms with E-state index in [4.69, 9.17) is 0 Å². The Kier molecular flexibility index (Phi) is 3.26. The van der Waals surface area contributed by atoms with E-state index in [-0.39, 0.29) is 0 Å². The molecule has 0 spiro atoms. The molecule has 1 N–H and O–H groups in total. The molecule has 1 aliphatic carbocycles. The molecule has 0 aromatic carbocycles. The minimum absolute atomic E-state index is 0.364. The third kappa shape index (κ3) is 4.02. The molecule has 11 heavy (non-hydrogen) atoms. The van der Waals surface area contributed by atoms with Crippen LogP contribution in [0.5, 0.6) is 0 Å². The molecule has 0 bridgehead atoms. The van der Waals surface area contributed by atoms with Crippen molar-refractivity contribution in [3.63, 3.8) is 0 Å². The zero-order valence-electron chi connectivity index (χ0n) is 7.81. The molecule has 1 nitrogen and oxygen atoms in total. The van der Waals surface area contributed by atoms with Crippen LogP contribution in [0.2, 0.25) is 0 Å². The molecule has 0 saturated heterocycles. The fourth-order valence-electron chi connectivity index (χ4n) is 1.30. The maximum Gasteiger partial charge on any atom is 0.0220 e. The molecule has 0 aromatic heterocycles. The highest BCUT2D eigenvalue weighted by molar-refractivity contribution is 7.98. The highest BCUT2D eigenvalue weighted by atomic mass is 32.2. The molecule has 0 radical (unpaired) electrons. The van der Waals surface area contributed by atoms with Crippen molar-refractivity contribution in [1.29, 1.82) is 0 Å². The van der Waals surface area contributed by atoms with Gasteiger partial charge in [0.15, 0.2) is 0 Å². The Hall–Kier alpha value is 0.310. The summed E-state index contributed by atoms with van der Waals surface area (Å²) < 4.78 is 3.90. The molecule has 0 heterocycles. The summed E-state index contributed by atoms with van der Waals surface area (Å²) in [4.78, 5) is 0. The Labute approximate surface area is 74.5 Å². The fourth-order valence-corrected chi connectivity index (χ4v) is 2.06. The van der Waals surface area contributed by atoms with E-state index < -0.39 is 0 Å². The zero-order valence-corrected chi connectivity index (χ0v) is 8.63. The summed E-state index contributed by atoms with van der Waals surface area (Å²) in [6.07, 6.45) is 5.59. The van der Waals surface area contributed by atoms with Gasteiger partial charge in [-0.15, -0.1) is 0 Å². The van der Waals surface area contributed by atoms with Crippen LogP contribution in [0.15, 0.2) is 0 Å². The van der Waals surface area contributed by atoms with Gasteiger partial charge in [-0.2, -0.15) is 0 Å². The van der Waals surface area contributed by atoms with Crippen LogP contribution in [0, 0.1) is 0 Å². The predicted octanol–water partition coefficient (Wildman–Crippen LogP) is 2.97. The molecule has 1 aliphatic rings. The summed E-state index contributed by atoms with van der Waals surface area (Å²) in [5.74, 6) is 0. The van der Waals surface area contributed by atoms with Crippen molar-refractivity contribution >= 4 is 11.9 Å². The lowest BCUT2D eigenvalue weighted by Crippen LogP contribution is -2.25. The number of hydrogen-bond acceptors (Lipinski definition) is 2. The summed E-state index contributed by atoms with van der Waals surface area (Å²) in [6.45, 7) is 6.75. The number of nitrogens with one attached hydrogen (secondary N) is 1. The Morgan fingerprint density at radius 1 is 1.18 bits per heavy atom. The van der Waals surface area contributed by atoms with E-state index in [1.54, 1.807) is 0 Å². The quantitative estimate of drug-likeness (QED) is 0.644. The first kappa shape index (κ1) is 9.40. The van der Waals surface area contributed by atoms with E-state index >= 15 is 0 Å². The minimum atomic E-state index is 0.364. The second-order valence-electron chi connectivity index (χ2n) is 4.31. The summed E-state index contributed by atoms with van der Waals surface area (Å²) in [5, 5.41) is 0. The fraction of sp³-hybridized carbons (Fsp3) is 1.00. The number of hydrogen-bond donors (Lipinski definition) is 1. The average Bonchev–Trinajstić information content (AvgIpc) is 2.32. The first-order chi connectivity index (χ1) is 5.08. The van der Waals surface area contributed by atoms with Gasteiger partial charge in [0, 0.05) is 10.8 Å². The Bertz CT molecular complexity index is 111. The Morgan fingerprint density at radius 3 is 2.18 bits per heavy atom. The summed E-state index contributed by atoms with van der Waals surface area (Å²) in [5.41, 5.74) is 0. The van der Waals surface area contributed by atoms with Crippen LogP contribution < -0.4 is 4.72 Å². The van der Waals surface area contributed by atoms with Crippen LogP contribution in [0.1, 0.15) is 46.5 Å². The molecule has 2 heteroatoms. The maximum atomic E-state index is 3.54. The monoisotopic (exact) mass is 173 g/mol. The summed E-state index contributed by atoms with van der Waals surface area (Å²) in [7, 11) is 0. The topological polar surface area (TPSA) is 12.0 Å². The van der Waals surface area contributed by atoms with Gasteiger partial charge in [-0.05, 0) is 33.6 Å². The van der Waals surface area contributed by atoms with Crippen LogP contribution in [0.25, 0.3) is 0 Å². The van der Waals surface area contributed by atoms with Crippen molar-refractivity contribution in [2.45, 2.75) is 57.2 Å². The van der Waals surface area contributed by atoms with Crippen LogP contribution >= 0.6 is 11.9 Å². The van der Waals surface area contributed by atoms with Crippen molar-refractivity contribution in [3.05, 3.63) is 0 Å². The van der Waals surface area contributed by atoms with E-state index in [1.807, 2.05) is 11.9 Å². The normalized spacial score (nSPS) is 21.0. The third-order valence-electron chi connectivity index (χ3n) is 1.89. The molecule has 1 fully saturated rings. The van der Waals surface area contributed by atoms with E-state index in [2.05, 4.69) is 25.5 Å². The van der Waals surface area contributed by atoms with Gasteiger partial charge in [0.25, 0.3) is 0 Å². The first-order valence-electron chi connectivity index (χ1n) is 4.51. The molecule has 0 unspecified atom stereocenters. The molecule has 0 atom stereocenters. The van der Waals surface area contributed by atoms with Gasteiger partial charge >= 0.3 is 0 Å². The van der Waals surface area contributed by atoms with Crippen LogP contribution in [-0.2, 0) is 0 Å². The molecule has 0 aliphatic heterocycles.